The summed E-state index contributed by atoms with van der Waals surface area (Å²) in [5.41, 5.74) is 1.34. The Kier molecular flexibility index (Phi) is 7.00. The van der Waals surface area contributed by atoms with Gasteiger partial charge in [0.2, 0.25) is 5.91 Å². The van der Waals surface area contributed by atoms with Gasteiger partial charge in [-0.25, -0.2) is 9.78 Å². The van der Waals surface area contributed by atoms with Crippen molar-refractivity contribution in [3.05, 3.63) is 83.2 Å². The van der Waals surface area contributed by atoms with Crippen molar-refractivity contribution in [2.75, 3.05) is 4.90 Å². The van der Waals surface area contributed by atoms with E-state index in [1.807, 2.05) is 60.7 Å². The van der Waals surface area contributed by atoms with E-state index in [0.717, 1.165) is 10.6 Å². The molecule has 0 bridgehead atoms. The monoisotopic (exact) mass is 410 g/mol. The van der Waals surface area contributed by atoms with Crippen molar-refractivity contribution in [3.63, 3.8) is 0 Å². The van der Waals surface area contributed by atoms with Crippen LogP contribution in [0.3, 0.4) is 0 Å². The highest BCUT2D eigenvalue weighted by atomic mass is 32.2. The molecule has 0 aliphatic carbocycles. The van der Waals surface area contributed by atoms with Crippen LogP contribution in [0.1, 0.15) is 12.6 Å². The first-order valence-corrected chi connectivity index (χ1v) is 10.2. The molecule has 7 heteroatoms. The van der Waals surface area contributed by atoms with Gasteiger partial charge in [0.05, 0.1) is 11.4 Å². The van der Waals surface area contributed by atoms with Crippen LogP contribution in [0.25, 0.3) is 0 Å². The lowest BCUT2D eigenvalue weighted by Crippen LogP contribution is -2.22. The normalized spacial score (nSPS) is 10.8. The van der Waals surface area contributed by atoms with E-state index in [1.54, 1.807) is 10.8 Å². The van der Waals surface area contributed by atoms with E-state index in [9.17, 15) is 9.59 Å². The molecule has 0 N–H and O–H groups in total. The van der Waals surface area contributed by atoms with Crippen LogP contribution in [-0.4, -0.2) is 16.9 Å². The topological polar surface area (TPSA) is 59.5 Å². The molecule has 142 valence electrons. The van der Waals surface area contributed by atoms with E-state index in [4.69, 9.17) is 4.74 Å². The Morgan fingerprint density at radius 3 is 2.46 bits per heavy atom. The number of amides is 1. The van der Waals surface area contributed by atoms with Crippen LogP contribution in [-0.2, 0) is 20.9 Å². The first-order chi connectivity index (χ1) is 13.6. The highest BCUT2D eigenvalue weighted by molar-refractivity contribution is 8.02. The molecular formula is C21H18N2O3S2. The molecule has 3 rings (SSSR count). The summed E-state index contributed by atoms with van der Waals surface area (Å²) in [6, 6.07) is 19.0. The lowest BCUT2D eigenvalue weighted by Gasteiger charge is -2.17. The summed E-state index contributed by atoms with van der Waals surface area (Å²) in [5, 5.41) is 4.01. The zero-order valence-corrected chi connectivity index (χ0v) is 16.8. The van der Waals surface area contributed by atoms with Gasteiger partial charge in [-0.05, 0) is 29.7 Å². The highest BCUT2D eigenvalue weighted by Gasteiger charge is 2.17. The summed E-state index contributed by atoms with van der Waals surface area (Å²) in [7, 11) is 0. The number of hydrogen-bond acceptors (Lipinski definition) is 6. The number of nitrogens with zero attached hydrogens (tertiary/aromatic N) is 2. The number of anilines is 2. The van der Waals surface area contributed by atoms with Gasteiger partial charge >= 0.3 is 5.97 Å². The van der Waals surface area contributed by atoms with Crippen LogP contribution < -0.4 is 4.90 Å². The lowest BCUT2D eigenvalue weighted by atomic mass is 10.3. The predicted octanol–water partition coefficient (Wildman–Crippen LogP) is 5.18. The summed E-state index contributed by atoms with van der Waals surface area (Å²) >= 11 is 2.77. The van der Waals surface area contributed by atoms with Crippen LogP contribution in [0.15, 0.2) is 82.4 Å². The minimum atomic E-state index is -0.440. The molecule has 0 radical (unpaired) electrons. The Morgan fingerprint density at radius 2 is 1.79 bits per heavy atom. The van der Waals surface area contributed by atoms with E-state index in [1.165, 1.54) is 41.0 Å². The standard InChI is InChI=1S/C21H18N2O3S2/c1-16(24)23(18-8-4-2-5-9-18)21-22-17(15-28-21)14-26-20(25)12-13-27-19-10-6-3-7-11-19/h2-13,15H,14H2,1H3/b13-12+. The first kappa shape index (κ1) is 19.9. The second kappa shape index (κ2) is 9.87. The summed E-state index contributed by atoms with van der Waals surface area (Å²) in [6.07, 6.45) is 1.39. The van der Waals surface area contributed by atoms with E-state index in [0.29, 0.717) is 10.8 Å². The van der Waals surface area contributed by atoms with Crippen molar-refractivity contribution in [1.82, 2.24) is 4.98 Å². The molecule has 2 aromatic carbocycles. The number of benzene rings is 2. The SMILES string of the molecule is CC(=O)N(c1ccccc1)c1nc(COC(=O)/C=C/Sc2ccccc2)cs1. The number of esters is 1. The summed E-state index contributed by atoms with van der Waals surface area (Å²) in [5.74, 6) is -0.575. The molecule has 3 aromatic rings. The molecule has 1 aromatic heterocycles. The van der Waals surface area contributed by atoms with Gasteiger partial charge in [0.1, 0.15) is 6.61 Å². The number of carbonyl (C=O) groups excluding carboxylic acids is 2. The third-order valence-electron chi connectivity index (χ3n) is 3.57. The minimum absolute atomic E-state index is 0.0518. The first-order valence-electron chi connectivity index (χ1n) is 8.48. The average molecular weight is 411 g/mol. The fourth-order valence-electron chi connectivity index (χ4n) is 2.33. The third kappa shape index (κ3) is 5.55. The van der Waals surface area contributed by atoms with Crippen molar-refractivity contribution in [1.29, 1.82) is 0 Å². The van der Waals surface area contributed by atoms with Crippen LogP contribution >= 0.6 is 23.1 Å². The summed E-state index contributed by atoms with van der Waals surface area (Å²) in [4.78, 5) is 30.9. The van der Waals surface area contributed by atoms with Gasteiger partial charge in [0, 0.05) is 23.3 Å². The van der Waals surface area contributed by atoms with E-state index < -0.39 is 5.97 Å². The number of thioether (sulfide) groups is 1. The Hall–Kier alpha value is -2.90. The molecular weight excluding hydrogens is 392 g/mol. The molecule has 5 nitrogen and oxygen atoms in total. The predicted molar refractivity (Wildman–Crippen MR) is 113 cm³/mol. The van der Waals surface area contributed by atoms with Gasteiger partial charge in [-0.3, -0.25) is 9.69 Å². The molecule has 0 saturated carbocycles. The maximum atomic E-state index is 12.1. The van der Waals surface area contributed by atoms with Crippen LogP contribution in [0, 0.1) is 0 Å². The zero-order valence-electron chi connectivity index (χ0n) is 15.1. The number of para-hydroxylation sites is 1. The maximum Gasteiger partial charge on any atom is 0.331 e. The molecule has 0 aliphatic heterocycles. The van der Waals surface area contributed by atoms with Gasteiger partial charge < -0.3 is 4.74 Å². The summed E-state index contributed by atoms with van der Waals surface area (Å²) in [6.45, 7) is 1.54. The van der Waals surface area contributed by atoms with Gasteiger partial charge in [-0.15, -0.1) is 11.3 Å². The maximum absolute atomic E-state index is 12.1. The fourth-order valence-corrected chi connectivity index (χ4v) is 3.85. The smallest absolute Gasteiger partial charge is 0.331 e. The van der Waals surface area contributed by atoms with Crippen LogP contribution in [0.5, 0.6) is 0 Å². The van der Waals surface area contributed by atoms with Crippen molar-refractivity contribution in [3.8, 4) is 0 Å². The summed E-state index contributed by atoms with van der Waals surface area (Å²) < 4.78 is 5.23. The second-order valence-corrected chi connectivity index (χ2v) is 7.47. The molecule has 0 aliphatic rings. The molecule has 0 spiro atoms. The molecule has 0 saturated heterocycles. The largest absolute Gasteiger partial charge is 0.456 e. The zero-order chi connectivity index (χ0) is 19.8. The van der Waals surface area contributed by atoms with E-state index in [2.05, 4.69) is 4.98 Å². The number of rotatable bonds is 7. The number of hydrogen-bond donors (Lipinski definition) is 0. The van der Waals surface area contributed by atoms with Crippen LogP contribution in [0.2, 0.25) is 0 Å². The Morgan fingerprint density at radius 1 is 1.11 bits per heavy atom. The number of thiazole rings is 1. The molecule has 1 amide bonds. The average Bonchev–Trinajstić information content (AvgIpc) is 3.16. The Labute approximate surface area is 171 Å². The number of aromatic nitrogens is 1. The quantitative estimate of drug-likeness (QED) is 0.305. The van der Waals surface area contributed by atoms with Gasteiger partial charge in [-0.1, -0.05) is 48.2 Å². The van der Waals surface area contributed by atoms with Crippen LogP contribution in [0.4, 0.5) is 10.8 Å². The minimum Gasteiger partial charge on any atom is -0.456 e. The molecule has 28 heavy (non-hydrogen) atoms. The third-order valence-corrected chi connectivity index (χ3v) is 5.27. The van der Waals surface area contributed by atoms with Crippen molar-refractivity contribution < 1.29 is 14.3 Å². The molecule has 0 fully saturated rings. The highest BCUT2D eigenvalue weighted by Crippen LogP contribution is 2.28. The van der Waals surface area contributed by atoms with Gasteiger partial charge in [-0.2, -0.15) is 0 Å². The molecule has 0 unspecified atom stereocenters. The molecule has 1 heterocycles. The van der Waals surface area contributed by atoms with Gasteiger partial charge in [0.25, 0.3) is 0 Å². The van der Waals surface area contributed by atoms with Crippen molar-refractivity contribution >= 4 is 45.8 Å². The van der Waals surface area contributed by atoms with Crippen molar-refractivity contribution in [2.24, 2.45) is 0 Å². The van der Waals surface area contributed by atoms with Gasteiger partial charge in [0.15, 0.2) is 5.13 Å². The number of ether oxygens (including phenoxy) is 1. The van der Waals surface area contributed by atoms with E-state index in [-0.39, 0.29) is 12.5 Å². The van der Waals surface area contributed by atoms with E-state index >= 15 is 0 Å². The van der Waals surface area contributed by atoms with Crippen molar-refractivity contribution in [2.45, 2.75) is 18.4 Å². The Balaban J connectivity index is 1.56. The lowest BCUT2D eigenvalue weighted by molar-refractivity contribution is -0.139. The Bertz CT molecular complexity index is 956. The molecule has 0 atom stereocenters. The fraction of sp³-hybridized carbons (Fsp3) is 0.0952. The number of carbonyl (C=O) groups is 2. The second-order valence-electron chi connectivity index (χ2n) is 5.65.